The molecule has 3 N–H and O–H groups in total. The molecule has 62 valence electrons. The van der Waals surface area contributed by atoms with Crippen molar-refractivity contribution in [3.8, 4) is 0 Å². The lowest BCUT2D eigenvalue weighted by molar-refractivity contribution is -0.137. The third kappa shape index (κ3) is 2.35. The van der Waals surface area contributed by atoms with Crippen molar-refractivity contribution in [2.75, 3.05) is 0 Å². The number of rotatable bonds is 3. The first-order chi connectivity index (χ1) is 5.20. The molecule has 1 aliphatic carbocycles. The maximum atomic E-state index is 10.3. The molecule has 1 rings (SSSR count). The molecule has 0 spiro atoms. The third-order valence-corrected chi connectivity index (χ3v) is 2.06. The van der Waals surface area contributed by atoms with Crippen LogP contribution in [0, 0.1) is 5.92 Å². The van der Waals surface area contributed by atoms with Crippen LogP contribution in [0.3, 0.4) is 0 Å². The minimum absolute atomic E-state index is 0.0896. The molecule has 0 bridgehead atoms. The van der Waals surface area contributed by atoms with E-state index < -0.39 is 5.97 Å². The fourth-order valence-corrected chi connectivity index (χ4v) is 1.36. The predicted octanol–water partition coefficient (Wildman–Crippen LogP) is 0.755. The van der Waals surface area contributed by atoms with Gasteiger partial charge in [0.1, 0.15) is 0 Å². The predicted molar refractivity (Wildman–Crippen MR) is 42.1 cm³/mol. The molecule has 0 aromatic carbocycles. The zero-order valence-electron chi connectivity index (χ0n) is 6.36. The highest BCUT2D eigenvalue weighted by atomic mass is 16.4. The second kappa shape index (κ2) is 3.53. The Labute approximate surface area is 65.9 Å². The van der Waals surface area contributed by atoms with Crippen molar-refractivity contribution in [2.45, 2.75) is 25.3 Å². The first kappa shape index (κ1) is 8.27. The summed E-state index contributed by atoms with van der Waals surface area (Å²) in [4.78, 5) is 10.3. The Balaban J connectivity index is 2.29. The summed E-state index contributed by atoms with van der Waals surface area (Å²) in [5, 5.41) is 8.44. The molecule has 0 aromatic heterocycles. The van der Waals surface area contributed by atoms with Crippen LogP contribution in [0.2, 0.25) is 0 Å². The van der Waals surface area contributed by atoms with Gasteiger partial charge in [-0.05, 0) is 18.8 Å². The van der Waals surface area contributed by atoms with Crippen LogP contribution in [0.1, 0.15) is 19.3 Å². The molecule has 1 atom stereocenters. The quantitative estimate of drug-likeness (QED) is 0.591. The Morgan fingerprint density at radius 2 is 2.18 bits per heavy atom. The van der Waals surface area contributed by atoms with Crippen LogP contribution < -0.4 is 5.73 Å². The van der Waals surface area contributed by atoms with Gasteiger partial charge in [-0.1, -0.05) is 12.2 Å². The first-order valence-electron chi connectivity index (χ1n) is 3.82. The van der Waals surface area contributed by atoms with Crippen LogP contribution in [0.15, 0.2) is 12.2 Å². The lowest BCUT2D eigenvalue weighted by Gasteiger charge is -2.15. The van der Waals surface area contributed by atoms with Gasteiger partial charge in [0, 0.05) is 6.04 Å². The third-order valence-electron chi connectivity index (χ3n) is 2.06. The zero-order chi connectivity index (χ0) is 8.27. The van der Waals surface area contributed by atoms with Gasteiger partial charge in [-0.2, -0.15) is 0 Å². The maximum absolute atomic E-state index is 10.3. The number of carboxylic acid groups (broad SMARTS) is 1. The molecule has 0 saturated carbocycles. The Hall–Kier alpha value is -0.830. The topological polar surface area (TPSA) is 63.3 Å². The molecule has 0 aliphatic heterocycles. The number of carbonyl (C=O) groups is 1. The van der Waals surface area contributed by atoms with Crippen LogP contribution >= 0.6 is 0 Å². The molecule has 0 radical (unpaired) electrons. The summed E-state index contributed by atoms with van der Waals surface area (Å²) in [5.41, 5.74) is 5.66. The van der Waals surface area contributed by atoms with Crippen molar-refractivity contribution in [1.29, 1.82) is 0 Å². The van der Waals surface area contributed by atoms with Gasteiger partial charge in [-0.3, -0.25) is 4.79 Å². The molecular formula is C8H13NO2. The molecule has 0 saturated heterocycles. The van der Waals surface area contributed by atoms with Gasteiger partial charge < -0.3 is 10.8 Å². The first-order valence-corrected chi connectivity index (χ1v) is 3.82. The molecule has 3 nitrogen and oxygen atoms in total. The van der Waals surface area contributed by atoms with E-state index in [0.29, 0.717) is 5.92 Å². The van der Waals surface area contributed by atoms with Gasteiger partial charge in [0.25, 0.3) is 0 Å². The molecule has 0 fully saturated rings. The summed E-state index contributed by atoms with van der Waals surface area (Å²) in [6, 6.07) is -0.178. The van der Waals surface area contributed by atoms with Gasteiger partial charge in [-0.15, -0.1) is 0 Å². The number of hydrogen-bond acceptors (Lipinski definition) is 2. The maximum Gasteiger partial charge on any atom is 0.304 e. The average molecular weight is 155 g/mol. The number of nitrogens with two attached hydrogens (primary N) is 1. The Kier molecular flexibility index (Phi) is 2.65. The van der Waals surface area contributed by atoms with Crippen LogP contribution in [0.5, 0.6) is 0 Å². The fourth-order valence-electron chi connectivity index (χ4n) is 1.36. The van der Waals surface area contributed by atoms with Crippen molar-refractivity contribution in [3.05, 3.63) is 12.2 Å². The molecule has 1 aliphatic rings. The summed E-state index contributed by atoms with van der Waals surface area (Å²) in [6.45, 7) is 0. The zero-order valence-corrected chi connectivity index (χ0v) is 6.36. The van der Waals surface area contributed by atoms with E-state index in [0.717, 1.165) is 12.8 Å². The number of hydrogen-bond donors (Lipinski definition) is 2. The molecule has 0 aromatic rings. The lowest BCUT2D eigenvalue weighted by atomic mass is 9.96. The van der Waals surface area contributed by atoms with Gasteiger partial charge in [-0.25, -0.2) is 0 Å². The minimum atomic E-state index is -0.801. The van der Waals surface area contributed by atoms with Crippen LogP contribution in [-0.2, 0) is 4.79 Å². The standard InChI is InChI=1S/C8H13NO2/c9-7(5-8(10)11)6-3-1-2-4-6/h1-2,6-7H,3-5,9H2,(H,10,11). The highest BCUT2D eigenvalue weighted by Crippen LogP contribution is 2.21. The Bertz CT molecular complexity index is 169. The number of aliphatic carboxylic acids is 1. The van der Waals surface area contributed by atoms with E-state index in [9.17, 15) is 4.79 Å². The van der Waals surface area contributed by atoms with Gasteiger partial charge in [0.15, 0.2) is 0 Å². The fraction of sp³-hybridized carbons (Fsp3) is 0.625. The summed E-state index contributed by atoms with van der Waals surface area (Å²) in [7, 11) is 0. The van der Waals surface area contributed by atoms with Crippen molar-refractivity contribution in [2.24, 2.45) is 11.7 Å². The average Bonchev–Trinajstić information content (AvgIpc) is 2.35. The van der Waals surface area contributed by atoms with E-state index in [4.69, 9.17) is 10.8 Å². The second-order valence-electron chi connectivity index (χ2n) is 2.96. The van der Waals surface area contributed by atoms with E-state index in [1.165, 1.54) is 0 Å². The highest BCUT2D eigenvalue weighted by Gasteiger charge is 2.20. The van der Waals surface area contributed by atoms with E-state index in [2.05, 4.69) is 12.2 Å². The van der Waals surface area contributed by atoms with Gasteiger partial charge >= 0.3 is 5.97 Å². The summed E-state index contributed by atoms with van der Waals surface area (Å²) in [5.74, 6) is -0.449. The Morgan fingerprint density at radius 3 is 2.64 bits per heavy atom. The SMILES string of the molecule is NC(CC(=O)O)C1CC=CC1. The van der Waals surface area contributed by atoms with E-state index >= 15 is 0 Å². The summed E-state index contributed by atoms with van der Waals surface area (Å²) < 4.78 is 0. The number of allylic oxidation sites excluding steroid dienone is 2. The van der Waals surface area contributed by atoms with Crippen molar-refractivity contribution < 1.29 is 9.90 Å². The molecule has 0 heterocycles. The molecule has 1 unspecified atom stereocenters. The van der Waals surface area contributed by atoms with Crippen LogP contribution in [0.25, 0.3) is 0 Å². The van der Waals surface area contributed by atoms with Crippen LogP contribution in [0.4, 0.5) is 0 Å². The van der Waals surface area contributed by atoms with E-state index in [-0.39, 0.29) is 12.5 Å². The van der Waals surface area contributed by atoms with Gasteiger partial charge in [0.2, 0.25) is 0 Å². The lowest BCUT2D eigenvalue weighted by Crippen LogP contribution is -2.31. The van der Waals surface area contributed by atoms with Crippen molar-refractivity contribution >= 4 is 5.97 Å². The molecule has 11 heavy (non-hydrogen) atoms. The smallest absolute Gasteiger partial charge is 0.304 e. The molecule has 3 heteroatoms. The minimum Gasteiger partial charge on any atom is -0.481 e. The van der Waals surface area contributed by atoms with E-state index in [1.54, 1.807) is 0 Å². The Morgan fingerprint density at radius 1 is 1.64 bits per heavy atom. The molecular weight excluding hydrogens is 142 g/mol. The highest BCUT2D eigenvalue weighted by molar-refractivity contribution is 5.67. The monoisotopic (exact) mass is 155 g/mol. The normalized spacial score (nSPS) is 20.5. The van der Waals surface area contributed by atoms with Gasteiger partial charge in [0.05, 0.1) is 6.42 Å². The van der Waals surface area contributed by atoms with Crippen molar-refractivity contribution in [3.63, 3.8) is 0 Å². The van der Waals surface area contributed by atoms with Crippen molar-refractivity contribution in [1.82, 2.24) is 0 Å². The second-order valence-corrected chi connectivity index (χ2v) is 2.96. The number of carboxylic acids is 1. The van der Waals surface area contributed by atoms with Crippen LogP contribution in [-0.4, -0.2) is 17.1 Å². The molecule has 0 amide bonds. The largest absolute Gasteiger partial charge is 0.481 e. The summed E-state index contributed by atoms with van der Waals surface area (Å²) >= 11 is 0. The van der Waals surface area contributed by atoms with E-state index in [1.807, 2.05) is 0 Å². The summed E-state index contributed by atoms with van der Waals surface area (Å²) in [6.07, 6.45) is 6.09.